The van der Waals surface area contributed by atoms with Gasteiger partial charge in [0.1, 0.15) is 0 Å². The first-order chi connectivity index (χ1) is 7.93. The summed E-state index contributed by atoms with van der Waals surface area (Å²) in [5.41, 5.74) is 0. The van der Waals surface area contributed by atoms with Crippen molar-refractivity contribution in [3.8, 4) is 0 Å². The zero-order valence-electron chi connectivity index (χ0n) is 12.9. The van der Waals surface area contributed by atoms with Crippen LogP contribution in [0, 0.1) is 0 Å². The van der Waals surface area contributed by atoms with E-state index in [2.05, 4.69) is 9.30 Å². The van der Waals surface area contributed by atoms with E-state index in [1.807, 2.05) is 0 Å². The van der Waals surface area contributed by atoms with Gasteiger partial charge in [0.05, 0.1) is 0 Å². The summed E-state index contributed by atoms with van der Waals surface area (Å²) in [5, 5.41) is 33.7. The van der Waals surface area contributed by atoms with Gasteiger partial charge < -0.3 is 20.4 Å². The molecule has 0 aliphatic carbocycles. The molecule has 0 bridgehead atoms. The van der Waals surface area contributed by atoms with E-state index in [0.29, 0.717) is 0 Å². The van der Waals surface area contributed by atoms with Crippen LogP contribution in [-0.2, 0) is 19.4 Å². The van der Waals surface area contributed by atoms with Gasteiger partial charge in [-0.2, -0.15) is 0 Å². The van der Waals surface area contributed by atoms with Crippen molar-refractivity contribution in [3.63, 3.8) is 0 Å². The fraction of sp³-hybridized carbons (Fsp3) is 1.00. The Bertz CT molecular complexity index is 67.1. The van der Waals surface area contributed by atoms with Gasteiger partial charge in [-0.25, -0.2) is 0 Å². The van der Waals surface area contributed by atoms with E-state index < -0.39 is 6.10 Å². The van der Waals surface area contributed by atoms with Crippen LogP contribution in [0.5, 0.6) is 0 Å². The van der Waals surface area contributed by atoms with Gasteiger partial charge >= 0.3 is 28.7 Å². The standard InChI is InChI=1S/3C3H8O.C3H7O.ClH.Ti/c4*1-3(2)4;;/h3*3-4H,1-2H3;3H,1-2H3;1H;/q;;;-1;;+2/p-1. The van der Waals surface area contributed by atoms with Crippen molar-refractivity contribution in [1.29, 1.82) is 0 Å². The molecule has 114 valence electrons. The van der Waals surface area contributed by atoms with Gasteiger partial charge in [-0.05, 0) is 41.5 Å². The first-order valence-electron chi connectivity index (χ1n) is 5.82. The molecule has 0 aromatic rings. The molecule has 0 rings (SSSR count). The average Bonchev–Trinajstić information content (AvgIpc) is 2.01. The number of halogens is 1. The second-order valence-electron chi connectivity index (χ2n) is 4.33. The van der Waals surface area contributed by atoms with E-state index >= 15 is 0 Å². The predicted molar refractivity (Wildman–Crippen MR) is 73.1 cm³/mol. The predicted octanol–water partition coefficient (Wildman–Crippen LogP) is 1.60. The molecule has 3 N–H and O–H groups in total. The Morgan fingerprint density at radius 2 is 0.667 bits per heavy atom. The summed E-state index contributed by atoms with van der Waals surface area (Å²) >= 11 is 1.47. The Hall–Kier alpha value is 0.844. The Balaban J connectivity index is -0.0000000399. The van der Waals surface area contributed by atoms with Crippen molar-refractivity contribution in [1.82, 2.24) is 0 Å². The van der Waals surface area contributed by atoms with Crippen molar-refractivity contribution < 1.29 is 39.8 Å². The molecule has 0 aromatic heterocycles. The molecule has 6 heteroatoms. The third kappa shape index (κ3) is 5930. The number of hydrogen-bond donors (Lipinski definition) is 3. The van der Waals surface area contributed by atoms with Crippen molar-refractivity contribution in [2.24, 2.45) is 0 Å². The van der Waals surface area contributed by atoms with E-state index in [1.165, 1.54) is 19.4 Å². The number of aliphatic hydroxyl groups excluding tert-OH is 3. The van der Waals surface area contributed by atoms with Crippen molar-refractivity contribution >= 4 is 9.30 Å². The number of rotatable bonds is 0. The van der Waals surface area contributed by atoms with Crippen LogP contribution in [0.4, 0.5) is 0 Å². The summed E-state index contributed by atoms with van der Waals surface area (Å²) in [5.74, 6) is 0. The number of aliphatic hydroxyl groups is 3. The summed E-state index contributed by atoms with van der Waals surface area (Å²) in [6.45, 7) is 13.6. The van der Waals surface area contributed by atoms with Crippen molar-refractivity contribution in [2.75, 3.05) is 0 Å². The third-order valence-electron chi connectivity index (χ3n) is 0. The molecule has 0 fully saturated rings. The Labute approximate surface area is 129 Å². The Morgan fingerprint density at radius 1 is 0.667 bits per heavy atom. The fourth-order valence-electron chi connectivity index (χ4n) is 0. The van der Waals surface area contributed by atoms with Gasteiger partial charge in [0, 0.05) is 18.3 Å². The van der Waals surface area contributed by atoms with Crippen LogP contribution in [0.25, 0.3) is 0 Å². The molecule has 18 heavy (non-hydrogen) atoms. The molecule has 0 saturated carbocycles. The molecule has 0 aromatic carbocycles. The molecule has 0 radical (unpaired) electrons. The maximum atomic E-state index is 9.53. The zero-order chi connectivity index (χ0) is 16.3. The minimum atomic E-state index is -0.417. The summed E-state index contributed by atoms with van der Waals surface area (Å²) in [6, 6.07) is 0. The summed E-state index contributed by atoms with van der Waals surface area (Å²) in [4.78, 5) is 0. The van der Waals surface area contributed by atoms with E-state index in [0.717, 1.165) is 0 Å². The van der Waals surface area contributed by atoms with Crippen LogP contribution < -0.4 is 5.11 Å². The van der Waals surface area contributed by atoms with Crippen molar-refractivity contribution in [2.45, 2.75) is 79.8 Å². The normalized spacial score (nSPS) is 8.22. The molecule has 0 heterocycles. The Morgan fingerprint density at radius 3 is 0.667 bits per heavy atom. The van der Waals surface area contributed by atoms with Crippen LogP contribution in [0.2, 0.25) is 0 Å². The van der Waals surface area contributed by atoms with Crippen LogP contribution in [0.15, 0.2) is 0 Å². The second kappa shape index (κ2) is 30.7. The van der Waals surface area contributed by atoms with Gasteiger partial charge in [0.25, 0.3) is 0 Å². The maximum absolute atomic E-state index is 9.53. The van der Waals surface area contributed by atoms with E-state index in [1.54, 1.807) is 55.4 Å². The third-order valence-corrected chi connectivity index (χ3v) is 0. The van der Waals surface area contributed by atoms with Crippen LogP contribution in [0.1, 0.15) is 55.4 Å². The van der Waals surface area contributed by atoms with Crippen LogP contribution in [0.3, 0.4) is 0 Å². The molecule has 0 aliphatic rings. The summed E-state index contributed by atoms with van der Waals surface area (Å²) < 4.78 is 0. The van der Waals surface area contributed by atoms with Crippen molar-refractivity contribution in [3.05, 3.63) is 0 Å². The van der Waals surface area contributed by atoms with E-state index in [9.17, 15) is 5.11 Å². The summed E-state index contributed by atoms with van der Waals surface area (Å²) in [7, 11) is 4.64. The van der Waals surface area contributed by atoms with Gasteiger partial charge in [-0.15, -0.1) is 6.10 Å². The summed E-state index contributed by atoms with van der Waals surface area (Å²) in [6.07, 6.45) is -0.917. The second-order valence-corrected chi connectivity index (χ2v) is 4.33. The molecular formula is C12H31ClO4Ti. The van der Waals surface area contributed by atoms with Gasteiger partial charge in [0.2, 0.25) is 0 Å². The monoisotopic (exact) mass is 322 g/mol. The van der Waals surface area contributed by atoms with E-state index in [4.69, 9.17) is 15.3 Å². The molecule has 4 nitrogen and oxygen atoms in total. The van der Waals surface area contributed by atoms with E-state index in [-0.39, 0.29) is 18.3 Å². The van der Waals surface area contributed by atoms with Gasteiger partial charge in [-0.1, -0.05) is 13.8 Å². The van der Waals surface area contributed by atoms with Crippen LogP contribution >= 0.6 is 9.30 Å². The Kier molecular flexibility index (Phi) is 53.4. The quantitative estimate of drug-likeness (QED) is 0.592. The molecule has 0 amide bonds. The minimum absolute atomic E-state index is 0.167. The molecule has 0 saturated heterocycles. The average molecular weight is 323 g/mol. The molecule has 0 unspecified atom stereocenters. The van der Waals surface area contributed by atoms with Crippen LogP contribution in [-0.4, -0.2) is 39.7 Å². The zero-order valence-corrected chi connectivity index (χ0v) is 15.3. The molecule has 0 aliphatic heterocycles. The first-order valence-corrected chi connectivity index (χ1v) is 7.97. The fourth-order valence-corrected chi connectivity index (χ4v) is 0. The molecule has 0 spiro atoms. The first kappa shape index (κ1) is 31.3. The van der Waals surface area contributed by atoms with Gasteiger partial charge in [-0.3, -0.25) is 0 Å². The topological polar surface area (TPSA) is 83.8 Å². The molecular weight excluding hydrogens is 291 g/mol. The molecule has 0 atom stereocenters. The SMILES string of the molecule is CC(C)O.CC(C)O.CC(C)O.CC(C)[O-].[Cl][Ti+]. The number of hydrogen-bond acceptors (Lipinski definition) is 4. The van der Waals surface area contributed by atoms with Gasteiger partial charge in [0.15, 0.2) is 0 Å².